The maximum absolute atomic E-state index is 9.57. The van der Waals surface area contributed by atoms with E-state index >= 15 is 0 Å². The number of hydrogen-bond acceptors (Lipinski definition) is 1. The molecule has 0 amide bonds. The molecule has 78 valence electrons. The zero-order valence-corrected chi connectivity index (χ0v) is 10.1. The molecule has 0 heterocycles. The molecular formula is C12H17BrO. The zero-order valence-electron chi connectivity index (χ0n) is 8.54. The van der Waals surface area contributed by atoms with E-state index in [1.807, 2.05) is 12.1 Å². The SMILES string of the molecule is CCCC(O)CCc1cccc(Br)c1. The van der Waals surface area contributed by atoms with Gasteiger partial charge in [0.25, 0.3) is 0 Å². The van der Waals surface area contributed by atoms with Gasteiger partial charge in [-0.2, -0.15) is 0 Å². The van der Waals surface area contributed by atoms with Crippen molar-refractivity contribution < 1.29 is 5.11 Å². The van der Waals surface area contributed by atoms with E-state index in [9.17, 15) is 5.11 Å². The molecule has 1 aromatic carbocycles. The van der Waals surface area contributed by atoms with Crippen LogP contribution in [0.1, 0.15) is 31.7 Å². The summed E-state index contributed by atoms with van der Waals surface area (Å²) in [6.45, 7) is 2.10. The lowest BCUT2D eigenvalue weighted by atomic mass is 10.0. The molecule has 1 N–H and O–H groups in total. The first-order chi connectivity index (χ1) is 6.72. The second kappa shape index (κ2) is 6.20. The molecule has 1 nitrogen and oxygen atoms in total. The third-order valence-corrected chi connectivity index (χ3v) is 2.77. The van der Waals surface area contributed by atoms with E-state index in [1.165, 1.54) is 5.56 Å². The topological polar surface area (TPSA) is 20.2 Å². The molecule has 0 spiro atoms. The van der Waals surface area contributed by atoms with Gasteiger partial charge in [0, 0.05) is 4.47 Å². The van der Waals surface area contributed by atoms with Gasteiger partial charge in [0.2, 0.25) is 0 Å². The average molecular weight is 257 g/mol. The Labute approximate surface area is 94.3 Å². The van der Waals surface area contributed by atoms with E-state index in [4.69, 9.17) is 0 Å². The second-order valence-electron chi connectivity index (χ2n) is 3.61. The van der Waals surface area contributed by atoms with E-state index in [0.717, 1.165) is 30.2 Å². The molecule has 1 aromatic rings. The van der Waals surface area contributed by atoms with Gasteiger partial charge in [-0.25, -0.2) is 0 Å². The molecule has 0 saturated heterocycles. The molecule has 2 heteroatoms. The summed E-state index contributed by atoms with van der Waals surface area (Å²) < 4.78 is 1.11. The Morgan fingerprint density at radius 1 is 1.36 bits per heavy atom. The Kier molecular flexibility index (Phi) is 5.20. The summed E-state index contributed by atoms with van der Waals surface area (Å²) in [6, 6.07) is 8.26. The smallest absolute Gasteiger partial charge is 0.0543 e. The molecule has 0 aliphatic heterocycles. The number of aliphatic hydroxyl groups is 1. The molecule has 0 fully saturated rings. The van der Waals surface area contributed by atoms with Crippen LogP contribution in [0.3, 0.4) is 0 Å². The summed E-state index contributed by atoms with van der Waals surface area (Å²) in [7, 11) is 0. The highest BCUT2D eigenvalue weighted by Gasteiger charge is 2.02. The van der Waals surface area contributed by atoms with Crippen LogP contribution in [0.15, 0.2) is 28.7 Å². The first kappa shape index (κ1) is 11.7. The first-order valence-corrected chi connectivity index (χ1v) is 5.94. The van der Waals surface area contributed by atoms with Gasteiger partial charge in [-0.05, 0) is 37.0 Å². The molecule has 1 rings (SSSR count). The predicted molar refractivity (Wildman–Crippen MR) is 63.4 cm³/mol. The van der Waals surface area contributed by atoms with Crippen LogP contribution in [0, 0.1) is 0 Å². The van der Waals surface area contributed by atoms with Gasteiger partial charge in [0.15, 0.2) is 0 Å². The monoisotopic (exact) mass is 256 g/mol. The van der Waals surface area contributed by atoms with Crippen LogP contribution in [0.25, 0.3) is 0 Å². The van der Waals surface area contributed by atoms with Crippen molar-refractivity contribution in [2.75, 3.05) is 0 Å². The minimum absolute atomic E-state index is 0.140. The minimum atomic E-state index is -0.140. The van der Waals surface area contributed by atoms with Gasteiger partial charge < -0.3 is 5.11 Å². The molecule has 0 aromatic heterocycles. The van der Waals surface area contributed by atoms with Gasteiger partial charge in [-0.15, -0.1) is 0 Å². The molecule has 0 aliphatic rings. The molecule has 14 heavy (non-hydrogen) atoms. The third kappa shape index (κ3) is 4.25. The standard InChI is InChI=1S/C12H17BrO/c1-2-4-12(14)8-7-10-5-3-6-11(13)9-10/h3,5-6,9,12,14H,2,4,7-8H2,1H3. The molecule has 1 unspecified atom stereocenters. The molecule has 0 bridgehead atoms. The first-order valence-electron chi connectivity index (χ1n) is 5.15. The number of aryl methyl sites for hydroxylation is 1. The van der Waals surface area contributed by atoms with Crippen LogP contribution in [0.4, 0.5) is 0 Å². The summed E-state index contributed by atoms with van der Waals surface area (Å²) in [5.41, 5.74) is 1.29. The highest BCUT2D eigenvalue weighted by Crippen LogP contribution is 2.14. The van der Waals surface area contributed by atoms with E-state index in [1.54, 1.807) is 0 Å². The minimum Gasteiger partial charge on any atom is -0.393 e. The molecule has 0 saturated carbocycles. The fraction of sp³-hybridized carbons (Fsp3) is 0.500. The van der Waals surface area contributed by atoms with Crippen molar-refractivity contribution in [2.24, 2.45) is 0 Å². The highest BCUT2D eigenvalue weighted by molar-refractivity contribution is 9.10. The predicted octanol–water partition coefficient (Wildman–Crippen LogP) is 3.54. The molecule has 0 aliphatic carbocycles. The van der Waals surface area contributed by atoms with Crippen molar-refractivity contribution in [1.82, 2.24) is 0 Å². The van der Waals surface area contributed by atoms with Crippen LogP contribution in [-0.2, 0) is 6.42 Å². The van der Waals surface area contributed by atoms with Crippen molar-refractivity contribution in [3.05, 3.63) is 34.3 Å². The average Bonchev–Trinajstić information content (AvgIpc) is 2.15. The fourth-order valence-electron chi connectivity index (χ4n) is 1.50. The van der Waals surface area contributed by atoms with Gasteiger partial charge in [0.1, 0.15) is 0 Å². The normalized spacial score (nSPS) is 12.8. The lowest BCUT2D eigenvalue weighted by molar-refractivity contribution is 0.154. The van der Waals surface area contributed by atoms with Crippen molar-refractivity contribution in [1.29, 1.82) is 0 Å². The lowest BCUT2D eigenvalue weighted by Crippen LogP contribution is -2.06. The van der Waals surface area contributed by atoms with E-state index < -0.39 is 0 Å². The summed E-state index contributed by atoms with van der Waals surface area (Å²) in [5, 5.41) is 9.57. The van der Waals surface area contributed by atoms with Gasteiger partial charge in [-0.1, -0.05) is 41.4 Å². The van der Waals surface area contributed by atoms with E-state index in [0.29, 0.717) is 0 Å². The van der Waals surface area contributed by atoms with Crippen LogP contribution in [0.2, 0.25) is 0 Å². The van der Waals surface area contributed by atoms with Crippen molar-refractivity contribution in [3.8, 4) is 0 Å². The van der Waals surface area contributed by atoms with Crippen LogP contribution in [0.5, 0.6) is 0 Å². The highest BCUT2D eigenvalue weighted by atomic mass is 79.9. The second-order valence-corrected chi connectivity index (χ2v) is 4.53. The maximum Gasteiger partial charge on any atom is 0.0543 e. The van der Waals surface area contributed by atoms with Crippen LogP contribution in [-0.4, -0.2) is 11.2 Å². The third-order valence-electron chi connectivity index (χ3n) is 2.28. The number of halogens is 1. The van der Waals surface area contributed by atoms with Crippen molar-refractivity contribution in [2.45, 2.75) is 38.7 Å². The number of hydrogen-bond donors (Lipinski definition) is 1. The number of aliphatic hydroxyl groups excluding tert-OH is 1. The van der Waals surface area contributed by atoms with Crippen molar-refractivity contribution in [3.63, 3.8) is 0 Å². The summed E-state index contributed by atoms with van der Waals surface area (Å²) in [6.07, 6.45) is 3.65. The molecule has 1 atom stereocenters. The largest absolute Gasteiger partial charge is 0.393 e. The van der Waals surface area contributed by atoms with Gasteiger partial charge >= 0.3 is 0 Å². The fourth-order valence-corrected chi connectivity index (χ4v) is 1.95. The van der Waals surface area contributed by atoms with E-state index in [2.05, 4.69) is 35.0 Å². The molecule has 0 radical (unpaired) electrons. The zero-order chi connectivity index (χ0) is 10.4. The lowest BCUT2D eigenvalue weighted by Gasteiger charge is -2.08. The Morgan fingerprint density at radius 3 is 2.79 bits per heavy atom. The Balaban J connectivity index is 2.37. The number of benzene rings is 1. The molecular weight excluding hydrogens is 240 g/mol. The quantitative estimate of drug-likeness (QED) is 0.855. The van der Waals surface area contributed by atoms with Crippen LogP contribution < -0.4 is 0 Å². The number of rotatable bonds is 5. The van der Waals surface area contributed by atoms with E-state index in [-0.39, 0.29) is 6.10 Å². The Morgan fingerprint density at radius 2 is 2.14 bits per heavy atom. The Bertz CT molecular complexity index is 273. The maximum atomic E-state index is 9.57. The van der Waals surface area contributed by atoms with Gasteiger partial charge in [-0.3, -0.25) is 0 Å². The van der Waals surface area contributed by atoms with Crippen molar-refractivity contribution >= 4 is 15.9 Å². The van der Waals surface area contributed by atoms with Gasteiger partial charge in [0.05, 0.1) is 6.10 Å². The summed E-state index contributed by atoms with van der Waals surface area (Å²) >= 11 is 3.44. The van der Waals surface area contributed by atoms with Crippen LogP contribution >= 0.6 is 15.9 Å². The summed E-state index contributed by atoms with van der Waals surface area (Å²) in [5.74, 6) is 0. The Hall–Kier alpha value is -0.340. The summed E-state index contributed by atoms with van der Waals surface area (Å²) in [4.78, 5) is 0.